The SMILES string of the molecule is COC(=O)[C@@H](C(C)C)N1C(=O)N[C@@H](CCCCNC(=O)c2ccccc2)C1=O. The predicted molar refractivity (Wildman–Crippen MR) is 102 cm³/mol. The number of nitrogens with one attached hydrogen (secondary N) is 2. The molecule has 1 aliphatic rings. The van der Waals surface area contributed by atoms with Crippen LogP contribution in [0.5, 0.6) is 0 Å². The fourth-order valence-electron chi connectivity index (χ4n) is 3.17. The normalized spacial score (nSPS) is 17.4. The van der Waals surface area contributed by atoms with Gasteiger partial charge in [-0.15, -0.1) is 0 Å². The first-order valence-corrected chi connectivity index (χ1v) is 9.41. The molecule has 0 bridgehead atoms. The number of unbranched alkanes of at least 4 members (excludes halogenated alkanes) is 1. The minimum Gasteiger partial charge on any atom is -0.467 e. The van der Waals surface area contributed by atoms with Crippen molar-refractivity contribution in [3.05, 3.63) is 35.9 Å². The molecule has 152 valence electrons. The number of imide groups is 1. The summed E-state index contributed by atoms with van der Waals surface area (Å²) in [7, 11) is 1.23. The van der Waals surface area contributed by atoms with Crippen LogP contribution in [0.25, 0.3) is 0 Å². The highest BCUT2D eigenvalue weighted by Crippen LogP contribution is 2.20. The van der Waals surface area contributed by atoms with Crippen molar-refractivity contribution >= 4 is 23.8 Å². The number of esters is 1. The fraction of sp³-hybridized carbons (Fsp3) is 0.500. The summed E-state index contributed by atoms with van der Waals surface area (Å²) in [6, 6.07) is 6.75. The third-order valence-electron chi connectivity index (χ3n) is 4.65. The zero-order chi connectivity index (χ0) is 20.7. The Hall–Kier alpha value is -2.90. The maximum atomic E-state index is 12.6. The van der Waals surface area contributed by atoms with Crippen LogP contribution in [0.3, 0.4) is 0 Å². The molecule has 1 aromatic carbocycles. The molecule has 1 fully saturated rings. The van der Waals surface area contributed by atoms with E-state index >= 15 is 0 Å². The topological polar surface area (TPSA) is 105 Å². The van der Waals surface area contributed by atoms with E-state index in [1.807, 2.05) is 6.07 Å². The number of rotatable bonds is 9. The lowest BCUT2D eigenvalue weighted by atomic mass is 10.0. The lowest BCUT2D eigenvalue weighted by Crippen LogP contribution is -2.49. The molecule has 1 saturated heterocycles. The summed E-state index contributed by atoms with van der Waals surface area (Å²) in [5.74, 6) is -1.42. The first-order valence-electron chi connectivity index (χ1n) is 9.41. The first kappa shape index (κ1) is 21.4. The molecule has 0 saturated carbocycles. The number of hydrogen-bond donors (Lipinski definition) is 2. The molecule has 0 spiro atoms. The van der Waals surface area contributed by atoms with Crippen molar-refractivity contribution in [2.45, 2.75) is 45.2 Å². The Balaban J connectivity index is 1.80. The lowest BCUT2D eigenvalue weighted by molar-refractivity contribution is -0.151. The van der Waals surface area contributed by atoms with Gasteiger partial charge < -0.3 is 15.4 Å². The quantitative estimate of drug-likeness (QED) is 0.380. The lowest BCUT2D eigenvalue weighted by Gasteiger charge is -2.26. The number of urea groups is 1. The minimum absolute atomic E-state index is 0.144. The van der Waals surface area contributed by atoms with Gasteiger partial charge in [0.05, 0.1) is 7.11 Å². The van der Waals surface area contributed by atoms with Crippen LogP contribution >= 0.6 is 0 Å². The minimum atomic E-state index is -0.937. The fourth-order valence-corrected chi connectivity index (χ4v) is 3.17. The zero-order valence-corrected chi connectivity index (χ0v) is 16.4. The average molecular weight is 389 g/mol. The van der Waals surface area contributed by atoms with E-state index in [2.05, 4.69) is 10.6 Å². The Morgan fingerprint density at radius 2 is 1.86 bits per heavy atom. The molecule has 1 heterocycles. The van der Waals surface area contributed by atoms with Gasteiger partial charge in [0.2, 0.25) is 0 Å². The van der Waals surface area contributed by atoms with E-state index in [4.69, 9.17) is 4.74 Å². The van der Waals surface area contributed by atoms with E-state index in [-0.39, 0.29) is 11.8 Å². The number of carbonyl (C=O) groups excluding carboxylic acids is 4. The highest BCUT2D eigenvalue weighted by atomic mass is 16.5. The third kappa shape index (κ3) is 5.09. The van der Waals surface area contributed by atoms with Gasteiger partial charge in [-0.05, 0) is 37.3 Å². The second-order valence-corrected chi connectivity index (χ2v) is 7.04. The first-order chi connectivity index (χ1) is 13.4. The van der Waals surface area contributed by atoms with Crippen LogP contribution in [0.4, 0.5) is 4.79 Å². The largest absolute Gasteiger partial charge is 0.467 e. The zero-order valence-electron chi connectivity index (χ0n) is 16.4. The van der Waals surface area contributed by atoms with Crippen molar-refractivity contribution in [3.63, 3.8) is 0 Å². The number of methoxy groups -OCH3 is 1. The molecule has 0 aliphatic carbocycles. The molecule has 2 rings (SSSR count). The molecule has 2 N–H and O–H groups in total. The van der Waals surface area contributed by atoms with Gasteiger partial charge in [-0.3, -0.25) is 9.59 Å². The van der Waals surface area contributed by atoms with E-state index < -0.39 is 30.0 Å². The molecule has 8 nitrogen and oxygen atoms in total. The number of nitrogens with zero attached hydrogens (tertiary/aromatic N) is 1. The van der Waals surface area contributed by atoms with E-state index in [1.54, 1.807) is 38.1 Å². The Kier molecular flexibility index (Phi) is 7.54. The van der Waals surface area contributed by atoms with Crippen LogP contribution in [0.2, 0.25) is 0 Å². The molecular formula is C20H27N3O5. The highest BCUT2D eigenvalue weighted by Gasteiger charge is 2.45. The Morgan fingerprint density at radius 3 is 2.46 bits per heavy atom. The summed E-state index contributed by atoms with van der Waals surface area (Å²) in [5, 5.41) is 5.46. The van der Waals surface area contributed by atoms with Crippen LogP contribution in [0.15, 0.2) is 30.3 Å². The summed E-state index contributed by atoms with van der Waals surface area (Å²) >= 11 is 0. The number of ether oxygens (including phenoxy) is 1. The third-order valence-corrected chi connectivity index (χ3v) is 4.65. The number of amides is 4. The van der Waals surface area contributed by atoms with Gasteiger partial charge in [-0.2, -0.15) is 0 Å². The second-order valence-electron chi connectivity index (χ2n) is 7.04. The van der Waals surface area contributed by atoms with E-state index in [1.165, 1.54) is 7.11 Å². The Labute approximate surface area is 164 Å². The molecule has 1 aromatic rings. The molecule has 0 unspecified atom stereocenters. The molecule has 0 radical (unpaired) electrons. The second kappa shape index (κ2) is 9.87. The van der Waals surface area contributed by atoms with Gasteiger partial charge in [0.1, 0.15) is 12.1 Å². The predicted octanol–water partition coefficient (Wildman–Crippen LogP) is 1.70. The molecule has 0 aromatic heterocycles. The summed E-state index contributed by atoms with van der Waals surface area (Å²) in [6.45, 7) is 3.98. The maximum Gasteiger partial charge on any atom is 0.329 e. The summed E-state index contributed by atoms with van der Waals surface area (Å²) in [4.78, 5) is 49.7. The van der Waals surface area contributed by atoms with E-state index in [9.17, 15) is 19.2 Å². The maximum absolute atomic E-state index is 12.6. The van der Waals surface area contributed by atoms with Crippen molar-refractivity contribution in [1.82, 2.24) is 15.5 Å². The van der Waals surface area contributed by atoms with Gasteiger partial charge in [-0.1, -0.05) is 32.0 Å². The van der Waals surface area contributed by atoms with E-state index in [0.29, 0.717) is 31.4 Å². The van der Waals surface area contributed by atoms with Crippen molar-refractivity contribution in [2.24, 2.45) is 5.92 Å². The van der Waals surface area contributed by atoms with Gasteiger partial charge in [0.15, 0.2) is 0 Å². The smallest absolute Gasteiger partial charge is 0.329 e. The molecule has 28 heavy (non-hydrogen) atoms. The van der Waals surface area contributed by atoms with Crippen molar-refractivity contribution in [2.75, 3.05) is 13.7 Å². The monoisotopic (exact) mass is 389 g/mol. The van der Waals surface area contributed by atoms with Crippen molar-refractivity contribution in [1.29, 1.82) is 0 Å². The van der Waals surface area contributed by atoms with Gasteiger partial charge in [-0.25, -0.2) is 14.5 Å². The van der Waals surface area contributed by atoms with Crippen LogP contribution < -0.4 is 10.6 Å². The summed E-state index contributed by atoms with van der Waals surface area (Å²) < 4.78 is 4.74. The average Bonchev–Trinajstić information content (AvgIpc) is 2.96. The Morgan fingerprint density at radius 1 is 1.18 bits per heavy atom. The molecule has 2 atom stereocenters. The van der Waals surface area contributed by atoms with Crippen molar-refractivity contribution < 1.29 is 23.9 Å². The van der Waals surface area contributed by atoms with Gasteiger partial charge in [0.25, 0.3) is 11.8 Å². The standard InChI is InChI=1S/C20H27N3O5/c1-13(2)16(19(26)28-3)23-18(25)15(22-20(23)27)11-7-8-12-21-17(24)14-9-5-4-6-10-14/h4-6,9-10,13,15-16H,7-8,11-12H2,1-3H3,(H,21,24)(H,22,27)/t15-,16+/m0/s1. The van der Waals surface area contributed by atoms with Crippen LogP contribution in [0.1, 0.15) is 43.5 Å². The highest BCUT2D eigenvalue weighted by molar-refractivity contribution is 6.07. The molecule has 8 heteroatoms. The summed E-state index contributed by atoms with van der Waals surface area (Å²) in [5.41, 5.74) is 0.596. The van der Waals surface area contributed by atoms with Crippen LogP contribution in [-0.4, -0.2) is 54.5 Å². The molecule has 1 aliphatic heterocycles. The van der Waals surface area contributed by atoms with Gasteiger partial charge >= 0.3 is 12.0 Å². The van der Waals surface area contributed by atoms with Crippen LogP contribution in [0, 0.1) is 5.92 Å². The summed E-state index contributed by atoms with van der Waals surface area (Å²) in [6.07, 6.45) is 1.75. The van der Waals surface area contributed by atoms with Crippen LogP contribution in [-0.2, 0) is 14.3 Å². The van der Waals surface area contributed by atoms with Crippen molar-refractivity contribution in [3.8, 4) is 0 Å². The molecule has 4 amide bonds. The Bertz CT molecular complexity index is 720. The number of carbonyl (C=O) groups is 4. The molecular weight excluding hydrogens is 362 g/mol. The number of hydrogen-bond acceptors (Lipinski definition) is 5. The van der Waals surface area contributed by atoms with E-state index in [0.717, 1.165) is 4.90 Å². The number of benzene rings is 1. The van der Waals surface area contributed by atoms with Gasteiger partial charge in [0, 0.05) is 12.1 Å².